The Morgan fingerprint density at radius 3 is 2.64 bits per heavy atom. The van der Waals surface area contributed by atoms with Crippen molar-refractivity contribution in [2.75, 3.05) is 26.3 Å². The van der Waals surface area contributed by atoms with Gasteiger partial charge in [-0.3, -0.25) is 0 Å². The van der Waals surface area contributed by atoms with E-state index in [1.807, 2.05) is 0 Å². The molecular weight excluding hydrogens is 138 g/mol. The number of nitrogens with one attached hydrogen (secondary N) is 1. The van der Waals surface area contributed by atoms with Gasteiger partial charge < -0.3 is 10.1 Å². The predicted molar refractivity (Wildman–Crippen MR) is 50.9 cm³/mol. The first-order valence-electron chi connectivity index (χ1n) is 4.55. The second-order valence-corrected chi connectivity index (χ2v) is 3.22. The van der Waals surface area contributed by atoms with Crippen LogP contribution in [0, 0.1) is 5.92 Å². The Labute approximate surface area is 71.8 Å². The number of ether oxygens (including phenoxy) is 1. The quantitative estimate of drug-likeness (QED) is 0.576. The van der Waals surface area contributed by atoms with Crippen molar-refractivity contribution in [1.29, 1.82) is 0 Å². The molecular formula is C9H23NO. The van der Waals surface area contributed by atoms with E-state index in [-0.39, 0.29) is 1.43 Å². The lowest BCUT2D eigenvalue weighted by molar-refractivity contribution is 0.112. The van der Waals surface area contributed by atoms with Crippen molar-refractivity contribution < 1.29 is 6.16 Å². The zero-order valence-corrected chi connectivity index (χ0v) is 8.02. The Kier molecular flexibility index (Phi) is 7.96. The Morgan fingerprint density at radius 2 is 2.09 bits per heavy atom. The first kappa shape index (κ1) is 10.9. The van der Waals surface area contributed by atoms with Crippen LogP contribution in [0.15, 0.2) is 0 Å². The minimum absolute atomic E-state index is 0. The molecule has 0 heterocycles. The summed E-state index contributed by atoms with van der Waals surface area (Å²) >= 11 is 0. The van der Waals surface area contributed by atoms with E-state index < -0.39 is 0 Å². The van der Waals surface area contributed by atoms with Gasteiger partial charge in [0.25, 0.3) is 0 Å². The molecule has 1 N–H and O–H groups in total. The third-order valence-electron chi connectivity index (χ3n) is 1.30. The fourth-order valence-corrected chi connectivity index (χ4v) is 0.765. The Bertz CT molecular complexity index is 78.9. The smallest absolute Gasteiger partial charge is 0.0591 e. The van der Waals surface area contributed by atoms with Gasteiger partial charge in [0.2, 0.25) is 0 Å². The highest BCUT2D eigenvalue weighted by atomic mass is 16.5. The summed E-state index contributed by atoms with van der Waals surface area (Å²) in [5, 5.41) is 3.28. The lowest BCUT2D eigenvalue weighted by Gasteiger charge is -2.06. The topological polar surface area (TPSA) is 21.3 Å². The van der Waals surface area contributed by atoms with E-state index in [0.717, 1.165) is 26.3 Å². The van der Waals surface area contributed by atoms with Crippen LogP contribution in [0.3, 0.4) is 0 Å². The Balaban J connectivity index is 0. The third kappa shape index (κ3) is 9.92. The fourth-order valence-electron chi connectivity index (χ4n) is 0.765. The van der Waals surface area contributed by atoms with Crippen molar-refractivity contribution >= 4 is 0 Å². The van der Waals surface area contributed by atoms with E-state index in [0.29, 0.717) is 5.92 Å². The van der Waals surface area contributed by atoms with Crippen LogP contribution < -0.4 is 5.32 Å². The lowest BCUT2D eigenvalue weighted by Crippen LogP contribution is -2.21. The molecule has 0 radical (unpaired) electrons. The van der Waals surface area contributed by atoms with Crippen LogP contribution in [-0.4, -0.2) is 26.3 Å². The van der Waals surface area contributed by atoms with Crippen LogP contribution in [0.5, 0.6) is 0 Å². The number of hydrogen-bond acceptors (Lipinski definition) is 2. The molecule has 0 saturated heterocycles. The molecule has 0 aromatic carbocycles. The highest BCUT2D eigenvalue weighted by Gasteiger charge is 1.92. The third-order valence-corrected chi connectivity index (χ3v) is 1.30. The maximum absolute atomic E-state index is 5.38. The summed E-state index contributed by atoms with van der Waals surface area (Å²) in [5.74, 6) is 0.654. The molecule has 0 atom stereocenters. The molecule has 70 valence electrons. The van der Waals surface area contributed by atoms with Crippen LogP contribution in [-0.2, 0) is 4.74 Å². The van der Waals surface area contributed by atoms with Gasteiger partial charge in [-0.2, -0.15) is 0 Å². The molecule has 0 amide bonds. The summed E-state index contributed by atoms with van der Waals surface area (Å²) in [7, 11) is 0. The molecule has 2 nitrogen and oxygen atoms in total. The Morgan fingerprint density at radius 1 is 1.36 bits per heavy atom. The SMILES string of the molecule is CCCNCCOCC(C)C.[HH]. The molecule has 0 spiro atoms. The maximum Gasteiger partial charge on any atom is 0.0591 e. The molecule has 0 aromatic heterocycles. The van der Waals surface area contributed by atoms with E-state index in [9.17, 15) is 0 Å². The van der Waals surface area contributed by atoms with Gasteiger partial charge in [-0.25, -0.2) is 0 Å². The molecule has 0 saturated carbocycles. The normalized spacial score (nSPS) is 10.9. The summed E-state index contributed by atoms with van der Waals surface area (Å²) < 4.78 is 5.38. The molecule has 0 unspecified atom stereocenters. The predicted octanol–water partition coefficient (Wildman–Crippen LogP) is 1.90. The molecule has 11 heavy (non-hydrogen) atoms. The van der Waals surface area contributed by atoms with Crippen LogP contribution in [0.2, 0.25) is 0 Å². The monoisotopic (exact) mass is 161 g/mol. The maximum atomic E-state index is 5.38. The summed E-state index contributed by atoms with van der Waals surface area (Å²) in [6, 6.07) is 0. The van der Waals surface area contributed by atoms with Crippen molar-refractivity contribution in [1.82, 2.24) is 5.32 Å². The molecule has 2 heteroatoms. The van der Waals surface area contributed by atoms with Crippen molar-refractivity contribution in [2.45, 2.75) is 27.2 Å². The number of hydrogen-bond donors (Lipinski definition) is 1. The van der Waals surface area contributed by atoms with Crippen molar-refractivity contribution in [2.24, 2.45) is 5.92 Å². The van der Waals surface area contributed by atoms with Crippen molar-refractivity contribution in [3.8, 4) is 0 Å². The van der Waals surface area contributed by atoms with Crippen LogP contribution >= 0.6 is 0 Å². The lowest BCUT2D eigenvalue weighted by atomic mass is 10.2. The van der Waals surface area contributed by atoms with E-state index in [4.69, 9.17) is 4.74 Å². The first-order valence-corrected chi connectivity index (χ1v) is 4.55. The van der Waals surface area contributed by atoms with Crippen molar-refractivity contribution in [3.63, 3.8) is 0 Å². The molecule has 0 aliphatic heterocycles. The molecule has 0 aromatic rings. The van der Waals surface area contributed by atoms with Gasteiger partial charge in [0.15, 0.2) is 0 Å². The van der Waals surface area contributed by atoms with Gasteiger partial charge >= 0.3 is 0 Å². The van der Waals surface area contributed by atoms with E-state index in [1.165, 1.54) is 6.42 Å². The molecule has 0 aliphatic carbocycles. The van der Waals surface area contributed by atoms with Gasteiger partial charge in [0, 0.05) is 14.6 Å². The Hall–Kier alpha value is -0.0800. The molecule has 0 rings (SSSR count). The second-order valence-electron chi connectivity index (χ2n) is 3.22. The summed E-state index contributed by atoms with van der Waals surface area (Å²) in [4.78, 5) is 0. The second kappa shape index (κ2) is 8.02. The first-order chi connectivity index (χ1) is 5.27. The minimum atomic E-state index is 0. The van der Waals surface area contributed by atoms with Crippen LogP contribution in [0.1, 0.15) is 28.6 Å². The van der Waals surface area contributed by atoms with Gasteiger partial charge in [-0.15, -0.1) is 0 Å². The summed E-state index contributed by atoms with van der Waals surface area (Å²) in [6.45, 7) is 10.3. The van der Waals surface area contributed by atoms with Gasteiger partial charge in [0.1, 0.15) is 0 Å². The number of rotatable bonds is 7. The standard InChI is InChI=1S/C9H21NO.H2/c1-4-5-10-6-7-11-8-9(2)3;/h9-10H,4-8H2,1-3H3;1H. The summed E-state index contributed by atoms with van der Waals surface area (Å²) in [5.41, 5.74) is 0. The van der Waals surface area contributed by atoms with E-state index >= 15 is 0 Å². The average molecular weight is 161 g/mol. The van der Waals surface area contributed by atoms with Gasteiger partial charge in [0.05, 0.1) is 6.61 Å². The van der Waals surface area contributed by atoms with Crippen LogP contribution in [0.25, 0.3) is 0 Å². The summed E-state index contributed by atoms with van der Waals surface area (Å²) in [6.07, 6.45) is 1.20. The van der Waals surface area contributed by atoms with E-state index in [2.05, 4.69) is 26.1 Å². The van der Waals surface area contributed by atoms with Crippen LogP contribution in [0.4, 0.5) is 0 Å². The minimum Gasteiger partial charge on any atom is -0.380 e. The highest BCUT2D eigenvalue weighted by molar-refractivity contribution is 4.44. The molecule has 0 bridgehead atoms. The largest absolute Gasteiger partial charge is 0.380 e. The molecule has 0 fully saturated rings. The zero-order valence-electron chi connectivity index (χ0n) is 8.02. The van der Waals surface area contributed by atoms with Crippen molar-refractivity contribution in [3.05, 3.63) is 0 Å². The average Bonchev–Trinajstić information content (AvgIpc) is 1.96. The molecule has 0 aliphatic rings. The van der Waals surface area contributed by atoms with E-state index in [1.54, 1.807) is 0 Å². The van der Waals surface area contributed by atoms with Gasteiger partial charge in [-0.05, 0) is 18.9 Å². The highest BCUT2D eigenvalue weighted by Crippen LogP contribution is 1.90. The fraction of sp³-hybridized carbons (Fsp3) is 1.00. The zero-order chi connectivity index (χ0) is 8.53. The van der Waals surface area contributed by atoms with Gasteiger partial charge in [-0.1, -0.05) is 20.8 Å².